The van der Waals surface area contributed by atoms with Gasteiger partial charge in [0.1, 0.15) is 0 Å². The quantitative estimate of drug-likeness (QED) is 0.159. The molecule has 0 aliphatic carbocycles. The van der Waals surface area contributed by atoms with Crippen LogP contribution in [-0.2, 0) is 12.4 Å². The number of nitrogens with zero attached hydrogens (tertiary/aromatic N) is 7. The van der Waals surface area contributed by atoms with Crippen LogP contribution in [0.4, 0.5) is 26.3 Å². The van der Waals surface area contributed by atoms with E-state index in [-0.39, 0.29) is 50.8 Å². The lowest BCUT2D eigenvalue weighted by Gasteiger charge is -2.24. The maximum Gasteiger partial charge on any atom is 0.417 e. The molecule has 0 unspecified atom stereocenters. The Hall–Kier alpha value is -9.61. The van der Waals surface area contributed by atoms with Crippen molar-refractivity contribution in [3.8, 4) is 75.1 Å². The molecule has 0 saturated heterocycles. The van der Waals surface area contributed by atoms with Crippen LogP contribution in [0.15, 0.2) is 152 Å². The van der Waals surface area contributed by atoms with Crippen LogP contribution in [0.3, 0.4) is 0 Å². The lowest BCUT2D eigenvalue weighted by Crippen LogP contribution is -2.14. The zero-order chi connectivity index (χ0) is 47.6. The second kappa shape index (κ2) is 15.8. The van der Waals surface area contributed by atoms with E-state index in [9.17, 15) is 39.5 Å². The number of rotatable bonds is 5. The summed E-state index contributed by atoms with van der Waals surface area (Å²) in [5, 5.41) is 52.3. The molecule has 0 bridgehead atoms. The molecule has 0 amide bonds. The highest BCUT2D eigenvalue weighted by molar-refractivity contribution is 6.13. The minimum atomic E-state index is -5.30. The van der Waals surface area contributed by atoms with Crippen LogP contribution in [0.5, 0.6) is 0 Å². The highest BCUT2D eigenvalue weighted by atomic mass is 19.4. The highest BCUT2D eigenvalue weighted by Gasteiger charge is 2.40. The highest BCUT2D eigenvalue weighted by Crippen LogP contribution is 2.48. The summed E-state index contributed by atoms with van der Waals surface area (Å²) in [6.07, 6.45) is -10.4. The first-order chi connectivity index (χ1) is 32.8. The summed E-state index contributed by atoms with van der Waals surface area (Å²) >= 11 is 0. The maximum absolute atomic E-state index is 15.5. The zero-order valence-electron chi connectivity index (χ0n) is 34.8. The molecule has 2 aromatic heterocycles. The summed E-state index contributed by atoms with van der Waals surface area (Å²) in [4.78, 5) is 0. The van der Waals surface area contributed by atoms with Crippen molar-refractivity contribution >= 4 is 43.6 Å². The Morgan fingerprint density at radius 3 is 1.24 bits per heavy atom. The zero-order valence-corrected chi connectivity index (χ0v) is 34.8. The van der Waals surface area contributed by atoms with E-state index in [1.54, 1.807) is 94.1 Å². The van der Waals surface area contributed by atoms with Gasteiger partial charge in [-0.15, -0.1) is 0 Å². The average molecular weight is 898 g/mol. The van der Waals surface area contributed by atoms with Gasteiger partial charge in [-0.2, -0.15) is 52.7 Å². The number of nitriles is 5. The Labute approximate surface area is 382 Å². The van der Waals surface area contributed by atoms with Gasteiger partial charge in [0, 0.05) is 27.1 Å². The molecule has 0 spiro atoms. The normalized spacial score (nSPS) is 11.6. The summed E-state index contributed by atoms with van der Waals surface area (Å²) in [6, 6.07) is 49.0. The Morgan fingerprint density at radius 1 is 0.368 bits per heavy atom. The van der Waals surface area contributed by atoms with Crippen LogP contribution >= 0.6 is 0 Å². The van der Waals surface area contributed by atoms with Crippen LogP contribution in [0.1, 0.15) is 38.9 Å². The molecule has 0 atom stereocenters. The van der Waals surface area contributed by atoms with E-state index in [1.807, 2.05) is 36.4 Å². The Morgan fingerprint density at radius 2 is 0.809 bits per heavy atom. The minimum Gasteiger partial charge on any atom is -0.308 e. The van der Waals surface area contributed by atoms with Gasteiger partial charge in [-0.1, -0.05) is 66.7 Å². The predicted octanol–water partition coefficient (Wildman–Crippen LogP) is 14.3. The lowest BCUT2D eigenvalue weighted by atomic mass is 9.92. The van der Waals surface area contributed by atoms with Gasteiger partial charge in [0.2, 0.25) is 0 Å². The number of halogens is 6. The molecule has 0 N–H and O–H groups in total. The summed E-state index contributed by atoms with van der Waals surface area (Å²) < 4.78 is 92.8. The second-order valence-corrected chi connectivity index (χ2v) is 15.9. The van der Waals surface area contributed by atoms with Crippen molar-refractivity contribution in [3.63, 3.8) is 0 Å². The molecule has 8 aromatic carbocycles. The monoisotopic (exact) mass is 897 g/mol. The van der Waals surface area contributed by atoms with Crippen molar-refractivity contribution in [1.82, 2.24) is 9.13 Å². The number of para-hydroxylation sites is 2. The van der Waals surface area contributed by atoms with Crippen molar-refractivity contribution in [3.05, 3.63) is 191 Å². The van der Waals surface area contributed by atoms with Crippen LogP contribution in [0.25, 0.3) is 88.4 Å². The molecular formula is C55H25F6N7. The molecule has 7 nitrogen and oxygen atoms in total. The number of aromatic nitrogens is 2. The first kappa shape index (κ1) is 42.3. The molecule has 0 aliphatic heterocycles. The number of hydrogen-bond donors (Lipinski definition) is 0. The van der Waals surface area contributed by atoms with Crippen molar-refractivity contribution in [2.75, 3.05) is 0 Å². The predicted molar refractivity (Wildman–Crippen MR) is 245 cm³/mol. The molecule has 2 heterocycles. The largest absolute Gasteiger partial charge is 0.417 e. The van der Waals surface area contributed by atoms with Crippen LogP contribution in [-0.4, -0.2) is 9.13 Å². The van der Waals surface area contributed by atoms with Gasteiger partial charge in [-0.05, 0) is 113 Å². The fourth-order valence-corrected chi connectivity index (χ4v) is 9.19. The SMILES string of the molecule is N#Cc1ccc(-c2ccc3c(c2)c2ccccc2n3-c2cc(C#N)cc(-n3c4ccccc4c4cc(-c5ccc(C#N)cc5C#N)ccc43)c2-c2ccc(C(F)(F)F)cc2C(F)(F)F)c(C#N)c1. The van der Waals surface area contributed by atoms with Gasteiger partial charge in [0.25, 0.3) is 0 Å². The molecule has 0 radical (unpaired) electrons. The van der Waals surface area contributed by atoms with E-state index in [2.05, 4.69) is 18.2 Å². The summed E-state index contributed by atoms with van der Waals surface area (Å²) in [5.74, 6) is 0. The maximum atomic E-state index is 15.5. The smallest absolute Gasteiger partial charge is 0.308 e. The molecular weight excluding hydrogens is 873 g/mol. The molecule has 0 saturated carbocycles. The minimum absolute atomic E-state index is 0.0248. The summed E-state index contributed by atoms with van der Waals surface area (Å²) in [5.41, 5.74) is 1.56. The molecule has 0 fully saturated rings. The van der Waals surface area contributed by atoms with Crippen molar-refractivity contribution < 1.29 is 26.3 Å². The van der Waals surface area contributed by atoms with E-state index in [0.717, 1.165) is 6.07 Å². The Balaban J connectivity index is 1.35. The first-order valence-electron chi connectivity index (χ1n) is 20.6. The van der Waals surface area contributed by atoms with Gasteiger partial charge in [0.05, 0.1) is 103 Å². The van der Waals surface area contributed by atoms with E-state index >= 15 is 13.2 Å². The summed E-state index contributed by atoms with van der Waals surface area (Å²) in [7, 11) is 0. The number of fused-ring (bicyclic) bond motifs is 6. The lowest BCUT2D eigenvalue weighted by molar-refractivity contribution is -0.142. The first-order valence-corrected chi connectivity index (χ1v) is 20.6. The molecule has 322 valence electrons. The third kappa shape index (κ3) is 6.81. The number of alkyl halides is 6. The van der Waals surface area contributed by atoms with Crippen molar-refractivity contribution in [2.24, 2.45) is 0 Å². The van der Waals surface area contributed by atoms with Crippen LogP contribution < -0.4 is 0 Å². The topological polar surface area (TPSA) is 129 Å². The fraction of sp³-hybridized carbons (Fsp3) is 0.0364. The standard InChI is InChI=1S/C55H25F6N7/c56-54(57,58)38-13-16-43(46(25-38)55(59,60)61)53-51(67-47-7-3-1-5-41(47)44-23-34(11-17-49(44)67)39-14-9-31(26-62)19-36(39)29-65)21-33(28-64)22-52(53)68-48-8-4-2-6-42(48)45-24-35(12-18-50(45)68)40-15-10-32(27-63)20-37(40)30-66/h1-25H. The molecule has 10 rings (SSSR count). The molecule has 10 aromatic rings. The molecule has 68 heavy (non-hydrogen) atoms. The number of hydrogen-bond acceptors (Lipinski definition) is 5. The molecule has 13 heteroatoms. The van der Waals surface area contributed by atoms with E-state index in [0.29, 0.717) is 71.9 Å². The van der Waals surface area contributed by atoms with Gasteiger partial charge < -0.3 is 9.13 Å². The van der Waals surface area contributed by atoms with Crippen molar-refractivity contribution in [2.45, 2.75) is 12.4 Å². The third-order valence-electron chi connectivity index (χ3n) is 12.1. The van der Waals surface area contributed by atoms with Gasteiger partial charge >= 0.3 is 12.4 Å². The van der Waals surface area contributed by atoms with Crippen molar-refractivity contribution in [1.29, 1.82) is 26.3 Å². The van der Waals surface area contributed by atoms with Crippen LogP contribution in [0, 0.1) is 56.7 Å². The second-order valence-electron chi connectivity index (χ2n) is 15.9. The van der Waals surface area contributed by atoms with E-state index in [1.165, 1.54) is 24.3 Å². The van der Waals surface area contributed by atoms with E-state index in [4.69, 9.17) is 0 Å². The van der Waals surface area contributed by atoms with E-state index < -0.39 is 29.0 Å². The average Bonchev–Trinajstić information content (AvgIpc) is 3.86. The van der Waals surface area contributed by atoms with Crippen LogP contribution in [0.2, 0.25) is 0 Å². The van der Waals surface area contributed by atoms with Gasteiger partial charge in [-0.3, -0.25) is 0 Å². The van der Waals surface area contributed by atoms with Gasteiger partial charge in [0.15, 0.2) is 0 Å². The molecule has 0 aliphatic rings. The number of benzene rings is 8. The Kier molecular flexibility index (Phi) is 9.85. The van der Waals surface area contributed by atoms with Gasteiger partial charge in [-0.25, -0.2) is 0 Å². The third-order valence-corrected chi connectivity index (χ3v) is 12.1. The Bertz CT molecular complexity index is 3810. The summed E-state index contributed by atoms with van der Waals surface area (Å²) in [6.45, 7) is 0. The fourth-order valence-electron chi connectivity index (χ4n) is 9.19.